The van der Waals surface area contributed by atoms with E-state index in [-0.39, 0.29) is 43.1 Å². The van der Waals surface area contributed by atoms with Crippen molar-refractivity contribution in [2.24, 2.45) is 0 Å². The number of aliphatic carboxylic acids is 1. The highest BCUT2D eigenvalue weighted by molar-refractivity contribution is 6.06. The molecule has 1 heterocycles. The van der Waals surface area contributed by atoms with Gasteiger partial charge in [-0.25, -0.2) is 8.78 Å². The van der Waals surface area contributed by atoms with Crippen LogP contribution in [-0.2, 0) is 17.8 Å². The van der Waals surface area contributed by atoms with Crippen LogP contribution in [0.2, 0.25) is 0 Å². The lowest BCUT2D eigenvalue weighted by atomic mass is 9.94. The Balaban J connectivity index is 1.61. The van der Waals surface area contributed by atoms with Crippen molar-refractivity contribution >= 4 is 17.8 Å². The number of benzene rings is 3. The predicted molar refractivity (Wildman–Crippen MR) is 146 cm³/mol. The lowest BCUT2D eigenvalue weighted by Crippen LogP contribution is -2.35. The van der Waals surface area contributed by atoms with Crippen LogP contribution in [0.15, 0.2) is 91.1 Å². The number of aromatic nitrogens is 1. The first-order chi connectivity index (χ1) is 19.3. The van der Waals surface area contributed by atoms with Gasteiger partial charge >= 0.3 is 5.97 Å². The zero-order valence-corrected chi connectivity index (χ0v) is 21.5. The number of halogens is 2. The fourth-order valence-corrected chi connectivity index (χ4v) is 4.28. The smallest absolute Gasteiger partial charge is 0.305 e. The summed E-state index contributed by atoms with van der Waals surface area (Å²) in [6, 6.07) is 21.9. The van der Waals surface area contributed by atoms with Crippen molar-refractivity contribution in [1.29, 1.82) is 0 Å². The second kappa shape index (κ2) is 13.2. The molecule has 0 fully saturated rings. The molecule has 0 saturated carbocycles. The molecule has 7 nitrogen and oxygen atoms in total. The number of amides is 2. The number of carboxylic acids is 1. The number of hydrogen-bond donors (Lipinski definition) is 2. The minimum atomic E-state index is -1.03. The van der Waals surface area contributed by atoms with Gasteiger partial charge in [0.25, 0.3) is 11.8 Å². The topological polar surface area (TPSA) is 99.6 Å². The molecule has 204 valence electrons. The fraction of sp³-hybridized carbons (Fsp3) is 0.161. The molecule has 3 aromatic carbocycles. The van der Waals surface area contributed by atoms with Gasteiger partial charge in [0.1, 0.15) is 11.6 Å². The Morgan fingerprint density at radius 3 is 2.20 bits per heavy atom. The molecule has 0 aliphatic rings. The standard InChI is InChI=1S/C31H27F2N3O4/c32-22-12-13-28(33)21(19-22)20-35-30(39)26-10-3-1-8-24(26)25-9-2-4-11-27(25)31(40)36(18-15-29(37)38)17-14-23-7-5-6-16-34-23/h1-13,16,19H,14-15,17-18,20H2,(H,35,39)(H,37,38). The number of carboxylic acid groups (broad SMARTS) is 1. The maximum Gasteiger partial charge on any atom is 0.305 e. The molecule has 2 N–H and O–H groups in total. The number of carbonyl (C=O) groups excluding carboxylic acids is 2. The molecule has 0 unspecified atom stereocenters. The number of nitrogens with one attached hydrogen (secondary N) is 1. The molecule has 4 rings (SSSR count). The molecule has 40 heavy (non-hydrogen) atoms. The number of rotatable bonds is 11. The van der Waals surface area contributed by atoms with Crippen molar-refractivity contribution in [2.45, 2.75) is 19.4 Å². The molecule has 0 aliphatic heterocycles. The third-order valence-corrected chi connectivity index (χ3v) is 6.31. The van der Waals surface area contributed by atoms with E-state index in [0.717, 1.165) is 23.9 Å². The van der Waals surface area contributed by atoms with Gasteiger partial charge in [-0.15, -0.1) is 0 Å². The number of pyridine rings is 1. The molecule has 0 atom stereocenters. The maximum absolute atomic E-state index is 14.1. The fourth-order valence-electron chi connectivity index (χ4n) is 4.28. The van der Waals surface area contributed by atoms with E-state index in [1.807, 2.05) is 12.1 Å². The Morgan fingerprint density at radius 1 is 0.825 bits per heavy atom. The first-order valence-electron chi connectivity index (χ1n) is 12.6. The van der Waals surface area contributed by atoms with Crippen molar-refractivity contribution in [3.8, 4) is 11.1 Å². The minimum absolute atomic E-state index is 0.00314. The SMILES string of the molecule is O=C(O)CCN(CCc1ccccn1)C(=O)c1ccccc1-c1ccccc1C(=O)NCc1cc(F)ccc1F. The van der Waals surface area contributed by atoms with Crippen molar-refractivity contribution in [3.05, 3.63) is 125 Å². The number of carbonyl (C=O) groups is 3. The largest absolute Gasteiger partial charge is 0.481 e. The average Bonchev–Trinajstić information content (AvgIpc) is 2.97. The van der Waals surface area contributed by atoms with Gasteiger partial charge in [-0.2, -0.15) is 0 Å². The molecule has 0 spiro atoms. The highest BCUT2D eigenvalue weighted by Crippen LogP contribution is 2.28. The van der Waals surface area contributed by atoms with Crippen LogP contribution in [0.25, 0.3) is 11.1 Å². The molecule has 0 bridgehead atoms. The summed E-state index contributed by atoms with van der Waals surface area (Å²) in [6.45, 7) is 0.0171. The predicted octanol–water partition coefficient (Wildman–Crippen LogP) is 5.12. The van der Waals surface area contributed by atoms with Gasteiger partial charge in [-0.05, 0) is 53.6 Å². The van der Waals surface area contributed by atoms with Gasteiger partial charge in [0.2, 0.25) is 0 Å². The molecule has 1 aromatic heterocycles. The van der Waals surface area contributed by atoms with Crippen LogP contribution in [0.4, 0.5) is 8.78 Å². The van der Waals surface area contributed by atoms with Crippen LogP contribution in [-0.4, -0.2) is 45.9 Å². The van der Waals surface area contributed by atoms with Crippen molar-refractivity contribution in [1.82, 2.24) is 15.2 Å². The van der Waals surface area contributed by atoms with Crippen molar-refractivity contribution in [2.75, 3.05) is 13.1 Å². The van der Waals surface area contributed by atoms with Crippen molar-refractivity contribution < 1.29 is 28.3 Å². The van der Waals surface area contributed by atoms with E-state index >= 15 is 0 Å². The monoisotopic (exact) mass is 543 g/mol. The van der Waals surface area contributed by atoms with Crippen LogP contribution < -0.4 is 5.32 Å². The van der Waals surface area contributed by atoms with E-state index in [4.69, 9.17) is 0 Å². The summed E-state index contributed by atoms with van der Waals surface area (Å²) < 4.78 is 27.6. The second-order valence-electron chi connectivity index (χ2n) is 9.02. The van der Waals surface area contributed by atoms with Gasteiger partial charge in [0.05, 0.1) is 6.42 Å². The zero-order chi connectivity index (χ0) is 28.5. The Morgan fingerprint density at radius 2 is 1.50 bits per heavy atom. The van der Waals surface area contributed by atoms with Crippen LogP contribution in [0, 0.1) is 11.6 Å². The molecule has 4 aromatic rings. The Kier molecular flexibility index (Phi) is 9.30. The maximum atomic E-state index is 14.1. The van der Waals surface area contributed by atoms with Gasteiger partial charge < -0.3 is 15.3 Å². The molecular weight excluding hydrogens is 516 g/mol. The highest BCUT2D eigenvalue weighted by Gasteiger charge is 2.23. The normalized spacial score (nSPS) is 10.7. The number of hydrogen-bond acceptors (Lipinski definition) is 4. The van der Waals surface area contributed by atoms with Crippen LogP contribution in [0.3, 0.4) is 0 Å². The van der Waals surface area contributed by atoms with E-state index in [0.29, 0.717) is 23.1 Å². The number of nitrogens with zero attached hydrogens (tertiary/aromatic N) is 2. The highest BCUT2D eigenvalue weighted by atomic mass is 19.1. The van der Waals surface area contributed by atoms with E-state index < -0.39 is 23.5 Å². The molecule has 0 aliphatic carbocycles. The summed E-state index contributed by atoms with van der Waals surface area (Å²) in [5.41, 5.74) is 2.25. The quantitative estimate of drug-likeness (QED) is 0.274. The zero-order valence-electron chi connectivity index (χ0n) is 21.5. The van der Waals surface area contributed by atoms with Crippen LogP contribution in [0.5, 0.6) is 0 Å². The Labute approximate surface area is 230 Å². The van der Waals surface area contributed by atoms with E-state index in [1.54, 1.807) is 60.8 Å². The average molecular weight is 544 g/mol. The first-order valence-corrected chi connectivity index (χ1v) is 12.6. The summed E-state index contributed by atoms with van der Waals surface area (Å²) in [5, 5.41) is 11.9. The van der Waals surface area contributed by atoms with Crippen LogP contribution >= 0.6 is 0 Å². The van der Waals surface area contributed by atoms with Gasteiger partial charge in [0, 0.05) is 54.6 Å². The van der Waals surface area contributed by atoms with Crippen molar-refractivity contribution in [3.63, 3.8) is 0 Å². The Bertz CT molecular complexity index is 1510. The lowest BCUT2D eigenvalue weighted by molar-refractivity contribution is -0.137. The summed E-state index contributed by atoms with van der Waals surface area (Å²) in [4.78, 5) is 44.0. The van der Waals surface area contributed by atoms with Crippen LogP contribution in [0.1, 0.15) is 38.4 Å². The second-order valence-corrected chi connectivity index (χ2v) is 9.02. The summed E-state index contributed by atoms with van der Waals surface area (Å²) in [6.07, 6.45) is 1.86. The van der Waals surface area contributed by atoms with E-state index in [1.165, 1.54) is 4.90 Å². The molecule has 2 amide bonds. The summed E-state index contributed by atoms with van der Waals surface area (Å²) in [7, 11) is 0. The van der Waals surface area contributed by atoms with E-state index in [2.05, 4.69) is 10.3 Å². The van der Waals surface area contributed by atoms with E-state index in [9.17, 15) is 28.3 Å². The molecule has 0 radical (unpaired) electrons. The third-order valence-electron chi connectivity index (χ3n) is 6.31. The first kappa shape index (κ1) is 28.1. The minimum Gasteiger partial charge on any atom is -0.481 e. The molecule has 9 heteroatoms. The molecule has 0 saturated heterocycles. The van der Waals surface area contributed by atoms with Gasteiger partial charge in [-0.1, -0.05) is 42.5 Å². The van der Waals surface area contributed by atoms with Gasteiger partial charge in [-0.3, -0.25) is 19.4 Å². The summed E-state index contributed by atoms with van der Waals surface area (Å²) in [5.74, 6) is -3.20. The third kappa shape index (κ3) is 7.13. The Hall–Kier alpha value is -4.92. The lowest BCUT2D eigenvalue weighted by Gasteiger charge is -2.24. The van der Waals surface area contributed by atoms with Gasteiger partial charge in [0.15, 0.2) is 0 Å². The summed E-state index contributed by atoms with van der Waals surface area (Å²) >= 11 is 0. The molecular formula is C31H27F2N3O4.